The Hall–Kier alpha value is -3.38. The molecule has 0 aliphatic rings. The highest BCUT2D eigenvalue weighted by Crippen LogP contribution is 2.32. The van der Waals surface area contributed by atoms with Crippen LogP contribution in [0.1, 0.15) is 15.9 Å². The number of aliphatic carboxylic acids is 1. The summed E-state index contributed by atoms with van der Waals surface area (Å²) in [5.74, 6) is -3.39. The Labute approximate surface area is 180 Å². The molecule has 0 fully saturated rings. The molecule has 14 heteroatoms. The molecule has 0 saturated carbocycles. The molecule has 2 aromatic heterocycles. The van der Waals surface area contributed by atoms with Crippen LogP contribution in [0.15, 0.2) is 36.7 Å². The predicted octanol–water partition coefficient (Wildman–Crippen LogP) is 4.77. The van der Waals surface area contributed by atoms with Gasteiger partial charge in [0, 0.05) is 22.8 Å². The van der Waals surface area contributed by atoms with E-state index in [-0.39, 0.29) is 27.9 Å². The Balaban J connectivity index is 0.000000423. The fraction of sp³-hybridized carbons (Fsp3) is 0.118. The van der Waals surface area contributed by atoms with Gasteiger partial charge in [0.15, 0.2) is 0 Å². The molecule has 164 valence electrons. The zero-order valence-corrected chi connectivity index (χ0v) is 16.5. The number of fused-ring (bicyclic) bond motifs is 1. The molecule has 0 saturated heterocycles. The number of carbonyl (C=O) groups is 2. The summed E-state index contributed by atoms with van der Waals surface area (Å²) in [6, 6.07) is 5.81. The third-order valence-electron chi connectivity index (χ3n) is 3.57. The Kier molecular flexibility index (Phi) is 7.41. The number of esters is 1. The number of hydrogen-bond acceptors (Lipinski definition) is 6. The number of ether oxygens (including phenoxy) is 1. The number of rotatable bonds is 4. The first kappa shape index (κ1) is 23.9. The minimum absolute atomic E-state index is 0.115. The first-order chi connectivity index (χ1) is 14.4. The molecule has 0 amide bonds. The van der Waals surface area contributed by atoms with Crippen molar-refractivity contribution >= 4 is 51.9 Å². The van der Waals surface area contributed by atoms with Crippen LogP contribution in [0.25, 0.3) is 11.0 Å². The number of hydrogen-bond donors (Lipinski definition) is 2. The third-order valence-corrected chi connectivity index (χ3v) is 4.08. The summed E-state index contributed by atoms with van der Waals surface area (Å²) in [6.07, 6.45) is -1.97. The van der Waals surface area contributed by atoms with Gasteiger partial charge in [0.2, 0.25) is 0 Å². The number of nitrogens with one attached hydrogen (secondary N) is 1. The summed E-state index contributed by atoms with van der Waals surface area (Å²) >= 11 is 11.7. The second-order valence-electron chi connectivity index (χ2n) is 5.63. The van der Waals surface area contributed by atoms with E-state index in [9.17, 15) is 28.1 Å². The highest BCUT2D eigenvalue weighted by atomic mass is 35.5. The largest absolute Gasteiger partial charge is 0.490 e. The molecule has 0 spiro atoms. The van der Waals surface area contributed by atoms with E-state index in [0.29, 0.717) is 16.6 Å². The smallest absolute Gasteiger partial charge is 0.475 e. The molecule has 0 atom stereocenters. The monoisotopic (exact) mass is 479 g/mol. The van der Waals surface area contributed by atoms with E-state index in [0.717, 1.165) is 0 Å². The summed E-state index contributed by atoms with van der Waals surface area (Å²) in [5, 5.41) is 19.0. The second kappa shape index (κ2) is 9.62. The minimum Gasteiger partial charge on any atom is -0.475 e. The number of aromatic amines is 1. The summed E-state index contributed by atoms with van der Waals surface area (Å²) in [7, 11) is 0. The summed E-state index contributed by atoms with van der Waals surface area (Å²) in [5.41, 5.74) is 0.624. The fourth-order valence-corrected chi connectivity index (χ4v) is 2.90. The number of nitro groups is 1. The van der Waals surface area contributed by atoms with Crippen LogP contribution in [-0.4, -0.2) is 38.1 Å². The van der Waals surface area contributed by atoms with Crippen molar-refractivity contribution in [3.8, 4) is 0 Å². The predicted molar refractivity (Wildman–Crippen MR) is 102 cm³/mol. The number of halogens is 5. The number of nitrogens with zero attached hydrogens (tertiary/aromatic N) is 2. The average Bonchev–Trinajstić information content (AvgIpc) is 3.13. The number of carbonyl (C=O) groups excluding carboxylic acids is 1. The molecule has 2 heterocycles. The van der Waals surface area contributed by atoms with Crippen molar-refractivity contribution < 1.29 is 37.5 Å². The zero-order valence-electron chi connectivity index (χ0n) is 14.9. The maximum atomic E-state index is 12.3. The molecular weight excluding hydrogens is 470 g/mol. The number of aromatic nitrogens is 2. The molecule has 0 radical (unpaired) electrons. The molecule has 3 rings (SSSR count). The average molecular weight is 480 g/mol. The summed E-state index contributed by atoms with van der Waals surface area (Å²) < 4.78 is 36.9. The third kappa shape index (κ3) is 6.06. The van der Waals surface area contributed by atoms with Gasteiger partial charge in [0.25, 0.3) is 5.69 Å². The van der Waals surface area contributed by atoms with Crippen LogP contribution in [-0.2, 0) is 16.1 Å². The number of carboxylic acids is 1. The second-order valence-corrected chi connectivity index (χ2v) is 6.47. The van der Waals surface area contributed by atoms with Crippen molar-refractivity contribution in [2.45, 2.75) is 12.8 Å². The van der Waals surface area contributed by atoms with Crippen molar-refractivity contribution in [1.29, 1.82) is 0 Å². The highest BCUT2D eigenvalue weighted by Gasteiger charge is 2.38. The molecule has 2 N–H and O–H groups in total. The Morgan fingerprint density at radius 2 is 1.90 bits per heavy atom. The lowest BCUT2D eigenvalue weighted by molar-refractivity contribution is -0.385. The Bertz CT molecular complexity index is 1150. The molecule has 0 bridgehead atoms. The quantitative estimate of drug-likeness (QED) is 0.312. The molecule has 1 aromatic carbocycles. The summed E-state index contributed by atoms with van der Waals surface area (Å²) in [6.45, 7) is -0.330. The van der Waals surface area contributed by atoms with E-state index in [1.54, 1.807) is 12.3 Å². The van der Waals surface area contributed by atoms with Crippen molar-refractivity contribution in [1.82, 2.24) is 9.97 Å². The lowest BCUT2D eigenvalue weighted by Crippen LogP contribution is -2.21. The number of benzene rings is 1. The van der Waals surface area contributed by atoms with Gasteiger partial charge in [-0.05, 0) is 24.3 Å². The van der Waals surface area contributed by atoms with E-state index in [2.05, 4.69) is 9.97 Å². The minimum atomic E-state index is -5.08. The molecule has 0 aliphatic carbocycles. The first-order valence-corrected chi connectivity index (χ1v) is 8.69. The van der Waals surface area contributed by atoms with Gasteiger partial charge in [0.05, 0.1) is 16.1 Å². The number of carboxylic acid groups (broad SMARTS) is 1. The lowest BCUT2D eigenvalue weighted by Gasteiger charge is -2.08. The van der Waals surface area contributed by atoms with E-state index >= 15 is 0 Å². The maximum Gasteiger partial charge on any atom is 0.490 e. The number of nitro benzene ring substituents is 1. The summed E-state index contributed by atoms with van der Waals surface area (Å²) in [4.78, 5) is 38.6. The zero-order chi connectivity index (χ0) is 23.3. The lowest BCUT2D eigenvalue weighted by atomic mass is 10.2. The highest BCUT2D eigenvalue weighted by molar-refractivity contribution is 6.36. The van der Waals surface area contributed by atoms with Crippen LogP contribution in [0.5, 0.6) is 0 Å². The van der Waals surface area contributed by atoms with E-state index in [1.165, 1.54) is 24.4 Å². The number of alkyl halides is 3. The maximum absolute atomic E-state index is 12.3. The van der Waals surface area contributed by atoms with E-state index < -0.39 is 23.0 Å². The van der Waals surface area contributed by atoms with E-state index in [1.807, 2.05) is 0 Å². The van der Waals surface area contributed by atoms with Crippen molar-refractivity contribution in [3.63, 3.8) is 0 Å². The van der Waals surface area contributed by atoms with Crippen LogP contribution in [0.2, 0.25) is 10.0 Å². The standard InChI is InChI=1S/C15H9Cl2N3O4.C2HF3O2/c16-9-5-8(13(20(22)23)12(17)6-9)7-24-15(21)11-2-4-19-14-10(11)1-3-18-14;3-2(4,5)1(6)7/h1-6H,7H2,(H,18,19);(H,6,7). The molecule has 0 aliphatic heterocycles. The van der Waals surface area contributed by atoms with Gasteiger partial charge < -0.3 is 14.8 Å². The van der Waals surface area contributed by atoms with Crippen LogP contribution in [0, 0.1) is 10.1 Å². The molecular formula is C17H10Cl2F3N3O6. The number of pyridine rings is 1. The van der Waals surface area contributed by atoms with Gasteiger partial charge in [-0.15, -0.1) is 0 Å². The van der Waals surface area contributed by atoms with Gasteiger partial charge in [-0.3, -0.25) is 10.1 Å². The van der Waals surface area contributed by atoms with Gasteiger partial charge in [-0.25, -0.2) is 14.6 Å². The van der Waals surface area contributed by atoms with Crippen LogP contribution >= 0.6 is 23.2 Å². The van der Waals surface area contributed by atoms with Gasteiger partial charge in [-0.1, -0.05) is 23.2 Å². The van der Waals surface area contributed by atoms with Crippen LogP contribution in [0.4, 0.5) is 18.9 Å². The van der Waals surface area contributed by atoms with Crippen molar-refractivity contribution in [3.05, 3.63) is 67.9 Å². The fourth-order valence-electron chi connectivity index (χ4n) is 2.29. The number of H-pyrrole nitrogens is 1. The van der Waals surface area contributed by atoms with Gasteiger partial charge >= 0.3 is 18.1 Å². The normalized spacial score (nSPS) is 10.9. The van der Waals surface area contributed by atoms with Gasteiger partial charge in [-0.2, -0.15) is 13.2 Å². The van der Waals surface area contributed by atoms with Gasteiger partial charge in [0.1, 0.15) is 17.3 Å². The van der Waals surface area contributed by atoms with E-state index in [4.69, 9.17) is 37.8 Å². The molecule has 0 unspecified atom stereocenters. The SMILES string of the molecule is O=C(O)C(F)(F)F.O=C(OCc1cc(Cl)cc(Cl)c1[N+](=O)[O-])c1ccnc2[nH]ccc12. The molecule has 9 nitrogen and oxygen atoms in total. The molecule has 31 heavy (non-hydrogen) atoms. The van der Waals surface area contributed by atoms with Crippen molar-refractivity contribution in [2.75, 3.05) is 0 Å². The van der Waals surface area contributed by atoms with Crippen molar-refractivity contribution in [2.24, 2.45) is 0 Å². The van der Waals surface area contributed by atoms with Crippen LogP contribution < -0.4 is 0 Å². The first-order valence-electron chi connectivity index (χ1n) is 7.93. The Morgan fingerprint density at radius 3 is 2.48 bits per heavy atom. The topological polar surface area (TPSA) is 135 Å². The molecule has 3 aromatic rings. The Morgan fingerprint density at radius 1 is 1.26 bits per heavy atom. The van der Waals surface area contributed by atoms with Crippen LogP contribution in [0.3, 0.4) is 0 Å².